The lowest BCUT2D eigenvalue weighted by Gasteiger charge is -2.27. The molecular formula is C13H28N6O7. The highest BCUT2D eigenvalue weighted by atomic mass is 16.5. The number of primary amides is 1. The molecule has 11 N–H and O–H groups in total. The Labute approximate surface area is 150 Å². The van der Waals surface area contributed by atoms with Crippen LogP contribution >= 0.6 is 0 Å². The van der Waals surface area contributed by atoms with E-state index in [4.69, 9.17) is 26.8 Å². The Kier molecular flexibility index (Phi) is 10.7. The van der Waals surface area contributed by atoms with Gasteiger partial charge in [0.1, 0.15) is 12.1 Å². The van der Waals surface area contributed by atoms with Gasteiger partial charge >= 0.3 is 6.03 Å². The summed E-state index contributed by atoms with van der Waals surface area (Å²) in [7, 11) is 1.34. The first-order valence-corrected chi connectivity index (χ1v) is 7.76. The number of carbonyl (C=O) groups is 3. The summed E-state index contributed by atoms with van der Waals surface area (Å²) in [5.74, 6) is -1.35. The lowest BCUT2D eigenvalue weighted by Crippen LogP contribution is -2.57. The van der Waals surface area contributed by atoms with Gasteiger partial charge in [0.25, 0.3) is 5.91 Å². The number of aliphatic hydroxyl groups excluding tert-OH is 3. The predicted octanol–water partition coefficient (Wildman–Crippen LogP) is -5.13. The quantitative estimate of drug-likeness (QED) is 0.123. The number of nitrogens with two attached hydrogens (primary N) is 2. The molecule has 152 valence electrons. The molecule has 4 atom stereocenters. The van der Waals surface area contributed by atoms with Crippen molar-refractivity contribution in [2.75, 3.05) is 20.2 Å². The number of nitrogens with one attached hydrogen (secondary N) is 3. The van der Waals surface area contributed by atoms with Crippen LogP contribution in [-0.2, 0) is 9.59 Å². The van der Waals surface area contributed by atoms with Gasteiger partial charge in [0.05, 0.1) is 18.8 Å². The molecule has 0 aliphatic rings. The van der Waals surface area contributed by atoms with E-state index in [2.05, 4.69) is 16.1 Å². The first kappa shape index (κ1) is 24.0. The van der Waals surface area contributed by atoms with E-state index < -0.39 is 55.0 Å². The molecule has 0 rings (SSSR count). The van der Waals surface area contributed by atoms with Crippen LogP contribution in [0.2, 0.25) is 0 Å². The molecule has 0 fully saturated rings. The Bertz CT molecular complexity index is 476. The fourth-order valence-electron chi connectivity index (χ4n) is 1.78. The van der Waals surface area contributed by atoms with Crippen LogP contribution in [0.25, 0.3) is 0 Å². The minimum absolute atomic E-state index is 0.101. The van der Waals surface area contributed by atoms with Crippen molar-refractivity contribution < 1.29 is 34.8 Å². The van der Waals surface area contributed by atoms with E-state index in [1.165, 1.54) is 14.0 Å². The van der Waals surface area contributed by atoms with Crippen molar-refractivity contribution in [3.05, 3.63) is 0 Å². The molecule has 0 aromatic heterocycles. The summed E-state index contributed by atoms with van der Waals surface area (Å²) < 4.78 is 0. The fraction of sp³-hybridized carbons (Fsp3) is 0.769. The van der Waals surface area contributed by atoms with Gasteiger partial charge in [-0.15, -0.1) is 0 Å². The molecule has 0 spiro atoms. The summed E-state index contributed by atoms with van der Waals surface area (Å²) >= 11 is 0. The standard InChI is InChI=1S/C13H28N6O7/c1-6(21)10(15)11(23)19(2)16-4-7(3-9(14)22)17-13(26)18-8(5-20)12(24)25/h6-8,10,12,16,20-21,24-25H,3-5,15H2,1-2H3,(H2,14,22)(H2,17,18,26)/t6?,7-,8-,10-/m0/s1. The lowest BCUT2D eigenvalue weighted by molar-refractivity contribution is -0.136. The molecule has 0 bridgehead atoms. The van der Waals surface area contributed by atoms with Crippen molar-refractivity contribution in [1.29, 1.82) is 0 Å². The van der Waals surface area contributed by atoms with Crippen LogP contribution in [0.1, 0.15) is 13.3 Å². The largest absolute Gasteiger partial charge is 0.394 e. The zero-order valence-electron chi connectivity index (χ0n) is 14.6. The predicted molar refractivity (Wildman–Crippen MR) is 88.8 cm³/mol. The number of aliphatic hydroxyl groups is 4. The lowest BCUT2D eigenvalue weighted by atomic mass is 10.2. The molecule has 0 saturated carbocycles. The number of nitrogens with zero attached hydrogens (tertiary/aromatic N) is 1. The second-order valence-corrected chi connectivity index (χ2v) is 5.71. The van der Waals surface area contributed by atoms with Gasteiger partial charge in [-0.1, -0.05) is 0 Å². The monoisotopic (exact) mass is 380 g/mol. The van der Waals surface area contributed by atoms with Gasteiger partial charge in [0.15, 0.2) is 6.29 Å². The highest BCUT2D eigenvalue weighted by Gasteiger charge is 2.24. The summed E-state index contributed by atoms with van der Waals surface area (Å²) in [5, 5.41) is 41.6. The number of carbonyl (C=O) groups excluding carboxylic acids is 3. The van der Waals surface area contributed by atoms with Crippen molar-refractivity contribution in [2.45, 2.75) is 43.9 Å². The third-order valence-corrected chi connectivity index (χ3v) is 3.37. The molecule has 0 aromatic rings. The average Bonchev–Trinajstić information content (AvgIpc) is 2.54. The molecule has 0 heterocycles. The maximum absolute atomic E-state index is 11.9. The van der Waals surface area contributed by atoms with Gasteiger partial charge in [-0.3, -0.25) is 14.6 Å². The molecular weight excluding hydrogens is 352 g/mol. The van der Waals surface area contributed by atoms with Crippen molar-refractivity contribution in [2.24, 2.45) is 11.5 Å². The number of likely N-dealkylation sites (N-methyl/N-ethyl adjacent to an activating group) is 1. The number of amides is 4. The van der Waals surface area contributed by atoms with Crippen molar-refractivity contribution in [3.8, 4) is 0 Å². The third kappa shape index (κ3) is 8.89. The van der Waals surface area contributed by atoms with Crippen LogP contribution in [0.3, 0.4) is 0 Å². The molecule has 0 saturated heterocycles. The topological polar surface area (TPSA) is 223 Å². The molecule has 1 unspecified atom stereocenters. The maximum atomic E-state index is 11.9. The van der Waals surface area contributed by atoms with Crippen molar-refractivity contribution in [1.82, 2.24) is 21.1 Å². The summed E-state index contributed by atoms with van der Waals surface area (Å²) in [6.45, 7) is 0.528. The highest BCUT2D eigenvalue weighted by molar-refractivity contribution is 5.81. The van der Waals surface area contributed by atoms with Crippen LogP contribution in [-0.4, -0.2) is 94.0 Å². The Hall–Kier alpha value is -2.03. The summed E-state index contributed by atoms with van der Waals surface area (Å²) in [4.78, 5) is 34.8. The molecule has 26 heavy (non-hydrogen) atoms. The third-order valence-electron chi connectivity index (χ3n) is 3.37. The van der Waals surface area contributed by atoms with Gasteiger partial charge in [-0.25, -0.2) is 10.2 Å². The smallest absolute Gasteiger partial charge is 0.315 e. The Morgan fingerprint density at radius 1 is 1.15 bits per heavy atom. The molecule has 0 aliphatic heterocycles. The van der Waals surface area contributed by atoms with Crippen molar-refractivity contribution in [3.63, 3.8) is 0 Å². The Morgan fingerprint density at radius 3 is 2.15 bits per heavy atom. The normalized spacial score (nSPS) is 15.7. The van der Waals surface area contributed by atoms with Gasteiger partial charge < -0.3 is 42.5 Å². The average molecular weight is 380 g/mol. The van der Waals surface area contributed by atoms with Gasteiger partial charge in [0.2, 0.25) is 5.91 Å². The van der Waals surface area contributed by atoms with E-state index in [0.717, 1.165) is 5.01 Å². The minimum atomic E-state index is -1.98. The molecule has 13 nitrogen and oxygen atoms in total. The maximum Gasteiger partial charge on any atom is 0.315 e. The van der Waals surface area contributed by atoms with E-state index in [1.54, 1.807) is 0 Å². The van der Waals surface area contributed by atoms with E-state index in [9.17, 15) is 19.5 Å². The first-order chi connectivity index (χ1) is 12.0. The number of hydrogen-bond donors (Lipinski definition) is 9. The minimum Gasteiger partial charge on any atom is -0.394 e. The zero-order valence-corrected chi connectivity index (χ0v) is 14.6. The second kappa shape index (κ2) is 11.6. The van der Waals surface area contributed by atoms with E-state index in [-0.39, 0.29) is 13.0 Å². The fourth-order valence-corrected chi connectivity index (χ4v) is 1.78. The highest BCUT2D eigenvalue weighted by Crippen LogP contribution is 1.96. The number of urea groups is 1. The summed E-state index contributed by atoms with van der Waals surface area (Å²) in [6.07, 6.45) is -3.34. The van der Waals surface area contributed by atoms with Gasteiger partial charge in [0, 0.05) is 20.0 Å². The summed E-state index contributed by atoms with van der Waals surface area (Å²) in [5.41, 5.74) is 13.2. The van der Waals surface area contributed by atoms with Gasteiger partial charge in [-0.2, -0.15) is 0 Å². The van der Waals surface area contributed by atoms with Crippen LogP contribution in [0.5, 0.6) is 0 Å². The van der Waals surface area contributed by atoms with E-state index in [0.29, 0.717) is 0 Å². The zero-order chi connectivity index (χ0) is 20.4. The number of hydrogen-bond acceptors (Lipinski definition) is 9. The van der Waals surface area contributed by atoms with Gasteiger partial charge in [-0.05, 0) is 6.92 Å². The Morgan fingerprint density at radius 2 is 1.73 bits per heavy atom. The van der Waals surface area contributed by atoms with Crippen LogP contribution in [0.15, 0.2) is 0 Å². The number of hydrazine groups is 1. The second-order valence-electron chi connectivity index (χ2n) is 5.71. The molecule has 13 heteroatoms. The summed E-state index contributed by atoms with van der Waals surface area (Å²) in [6, 6.07) is -4.24. The molecule has 0 aromatic carbocycles. The number of rotatable bonds is 11. The molecule has 4 amide bonds. The van der Waals surface area contributed by atoms with E-state index in [1.807, 2.05) is 0 Å². The van der Waals surface area contributed by atoms with Crippen LogP contribution in [0, 0.1) is 0 Å². The Balaban J connectivity index is 4.73. The van der Waals surface area contributed by atoms with Crippen molar-refractivity contribution >= 4 is 17.8 Å². The van der Waals surface area contributed by atoms with E-state index >= 15 is 0 Å². The first-order valence-electron chi connectivity index (χ1n) is 7.76. The molecule has 0 aliphatic carbocycles. The molecule has 0 radical (unpaired) electrons. The van der Waals surface area contributed by atoms with Crippen LogP contribution < -0.4 is 27.5 Å². The van der Waals surface area contributed by atoms with Crippen LogP contribution in [0.4, 0.5) is 4.79 Å². The SMILES string of the molecule is CC(O)[C@H](N)C(=O)N(C)NC[C@H](CC(N)=O)NC(=O)N[C@@H](CO)C(O)O.